The second kappa shape index (κ2) is 5.33. The maximum absolute atomic E-state index is 5.69. The van der Waals surface area contributed by atoms with Crippen molar-refractivity contribution in [3.8, 4) is 0 Å². The van der Waals surface area contributed by atoms with Crippen LogP contribution < -0.4 is 0 Å². The van der Waals surface area contributed by atoms with Crippen LogP contribution in [0.4, 0.5) is 0 Å². The van der Waals surface area contributed by atoms with Gasteiger partial charge in [-0.15, -0.1) is 0 Å². The molecule has 0 amide bonds. The summed E-state index contributed by atoms with van der Waals surface area (Å²) in [5.74, 6) is 0. The first-order valence-electron chi connectivity index (χ1n) is 6.11. The average molecular weight is 283 g/mol. The van der Waals surface area contributed by atoms with Crippen LogP contribution in [0.3, 0.4) is 0 Å². The minimum absolute atomic E-state index is 0.288. The van der Waals surface area contributed by atoms with Crippen molar-refractivity contribution in [3.05, 3.63) is 34.3 Å². The molecular formula is C14H19BrO. The molecule has 0 saturated heterocycles. The zero-order valence-corrected chi connectivity index (χ0v) is 11.4. The lowest BCUT2D eigenvalue weighted by molar-refractivity contribution is 0.0935. The van der Waals surface area contributed by atoms with Crippen molar-refractivity contribution >= 4 is 15.9 Å². The summed E-state index contributed by atoms with van der Waals surface area (Å²) in [6.07, 6.45) is 5.22. The van der Waals surface area contributed by atoms with Crippen LogP contribution >= 0.6 is 15.9 Å². The van der Waals surface area contributed by atoms with Crippen LogP contribution in [0, 0.1) is 0 Å². The second-order valence-electron chi connectivity index (χ2n) is 4.63. The molecule has 0 N–H and O–H groups in total. The molecule has 1 nitrogen and oxygen atoms in total. The molecule has 2 heteroatoms. The van der Waals surface area contributed by atoms with Crippen molar-refractivity contribution in [3.63, 3.8) is 0 Å². The molecule has 1 fully saturated rings. The summed E-state index contributed by atoms with van der Waals surface area (Å²) >= 11 is 3.49. The third kappa shape index (κ3) is 2.49. The molecule has 1 aromatic rings. The first-order chi connectivity index (χ1) is 7.77. The minimum atomic E-state index is 0.288. The minimum Gasteiger partial charge on any atom is -0.381 e. The van der Waals surface area contributed by atoms with Crippen LogP contribution in [-0.4, -0.2) is 13.2 Å². The Labute approximate surface area is 106 Å². The topological polar surface area (TPSA) is 9.23 Å². The highest BCUT2D eigenvalue weighted by atomic mass is 79.9. The molecule has 1 aromatic carbocycles. The van der Waals surface area contributed by atoms with E-state index in [1.807, 2.05) is 0 Å². The molecule has 1 aliphatic carbocycles. The predicted molar refractivity (Wildman–Crippen MR) is 70.8 cm³/mol. The van der Waals surface area contributed by atoms with Crippen molar-refractivity contribution in [1.29, 1.82) is 0 Å². The molecule has 16 heavy (non-hydrogen) atoms. The lowest BCUT2D eigenvalue weighted by Crippen LogP contribution is -2.28. The van der Waals surface area contributed by atoms with E-state index in [9.17, 15) is 0 Å². The van der Waals surface area contributed by atoms with Crippen molar-refractivity contribution in [2.24, 2.45) is 0 Å². The maximum atomic E-state index is 5.69. The molecule has 0 spiro atoms. The Hall–Kier alpha value is -0.340. The van der Waals surface area contributed by atoms with E-state index in [0.29, 0.717) is 0 Å². The van der Waals surface area contributed by atoms with E-state index in [-0.39, 0.29) is 5.41 Å². The third-order valence-electron chi connectivity index (χ3n) is 3.60. The van der Waals surface area contributed by atoms with Gasteiger partial charge in [-0.2, -0.15) is 0 Å². The first kappa shape index (κ1) is 12.1. The zero-order valence-electron chi connectivity index (χ0n) is 9.84. The largest absolute Gasteiger partial charge is 0.381 e. The Bertz CT molecular complexity index is 325. The monoisotopic (exact) mass is 282 g/mol. The first-order valence-corrected chi connectivity index (χ1v) is 6.90. The van der Waals surface area contributed by atoms with Gasteiger partial charge in [0, 0.05) is 16.5 Å². The number of halogens is 1. The van der Waals surface area contributed by atoms with Gasteiger partial charge >= 0.3 is 0 Å². The van der Waals surface area contributed by atoms with Crippen LogP contribution in [0.5, 0.6) is 0 Å². The van der Waals surface area contributed by atoms with E-state index >= 15 is 0 Å². The molecule has 0 aliphatic heterocycles. The number of hydrogen-bond donors (Lipinski definition) is 0. The number of hydrogen-bond acceptors (Lipinski definition) is 1. The Kier molecular flexibility index (Phi) is 4.04. The maximum Gasteiger partial charge on any atom is 0.0562 e. The van der Waals surface area contributed by atoms with E-state index in [2.05, 4.69) is 47.1 Å². The average Bonchev–Trinajstić information content (AvgIpc) is 2.77. The van der Waals surface area contributed by atoms with Gasteiger partial charge in [-0.1, -0.05) is 40.9 Å². The van der Waals surface area contributed by atoms with Crippen molar-refractivity contribution < 1.29 is 4.74 Å². The van der Waals surface area contributed by atoms with Gasteiger partial charge in [-0.25, -0.2) is 0 Å². The molecule has 0 unspecified atom stereocenters. The number of rotatable bonds is 4. The van der Waals surface area contributed by atoms with Crippen molar-refractivity contribution in [1.82, 2.24) is 0 Å². The SMILES string of the molecule is CCOCC1(c2ccc(Br)cc2)CCCC1. The van der Waals surface area contributed by atoms with Crippen LogP contribution in [0.15, 0.2) is 28.7 Å². The van der Waals surface area contributed by atoms with E-state index < -0.39 is 0 Å². The predicted octanol–water partition coefficient (Wildman–Crippen LogP) is 4.30. The van der Waals surface area contributed by atoms with Gasteiger partial charge in [-0.3, -0.25) is 0 Å². The zero-order chi connectivity index (χ0) is 11.4. The van der Waals surface area contributed by atoms with E-state index in [0.717, 1.165) is 17.7 Å². The van der Waals surface area contributed by atoms with Gasteiger partial charge in [-0.05, 0) is 37.5 Å². The van der Waals surface area contributed by atoms with Crippen LogP contribution in [0.1, 0.15) is 38.2 Å². The van der Waals surface area contributed by atoms with Gasteiger partial charge in [0.25, 0.3) is 0 Å². The Morgan fingerprint density at radius 2 is 1.81 bits per heavy atom. The van der Waals surface area contributed by atoms with Gasteiger partial charge in [0.05, 0.1) is 6.61 Å². The fourth-order valence-corrected chi connectivity index (χ4v) is 2.93. The van der Waals surface area contributed by atoms with Crippen molar-refractivity contribution in [2.45, 2.75) is 38.0 Å². The molecule has 0 aromatic heterocycles. The fraction of sp³-hybridized carbons (Fsp3) is 0.571. The Morgan fingerprint density at radius 3 is 2.38 bits per heavy atom. The highest BCUT2D eigenvalue weighted by molar-refractivity contribution is 9.10. The summed E-state index contributed by atoms with van der Waals surface area (Å²) in [6.45, 7) is 3.77. The van der Waals surface area contributed by atoms with Gasteiger partial charge < -0.3 is 4.74 Å². The van der Waals surface area contributed by atoms with Gasteiger partial charge in [0.15, 0.2) is 0 Å². The third-order valence-corrected chi connectivity index (χ3v) is 4.13. The van der Waals surface area contributed by atoms with E-state index in [1.54, 1.807) is 0 Å². The lowest BCUT2D eigenvalue weighted by Gasteiger charge is -2.29. The summed E-state index contributed by atoms with van der Waals surface area (Å²) in [5.41, 5.74) is 1.73. The molecule has 0 heterocycles. The molecule has 88 valence electrons. The lowest BCUT2D eigenvalue weighted by atomic mass is 9.80. The quantitative estimate of drug-likeness (QED) is 0.800. The highest BCUT2D eigenvalue weighted by Crippen LogP contribution is 2.41. The molecule has 0 bridgehead atoms. The Morgan fingerprint density at radius 1 is 1.19 bits per heavy atom. The van der Waals surface area contributed by atoms with Gasteiger partial charge in [0.2, 0.25) is 0 Å². The number of ether oxygens (including phenoxy) is 1. The molecule has 0 radical (unpaired) electrons. The molecule has 1 aliphatic rings. The summed E-state index contributed by atoms with van der Waals surface area (Å²) in [7, 11) is 0. The van der Waals surface area contributed by atoms with E-state index in [1.165, 1.54) is 31.2 Å². The fourth-order valence-electron chi connectivity index (χ4n) is 2.67. The smallest absolute Gasteiger partial charge is 0.0562 e. The molecule has 1 saturated carbocycles. The summed E-state index contributed by atoms with van der Waals surface area (Å²) in [4.78, 5) is 0. The molecule has 0 atom stereocenters. The second-order valence-corrected chi connectivity index (χ2v) is 5.55. The number of benzene rings is 1. The summed E-state index contributed by atoms with van der Waals surface area (Å²) in [6, 6.07) is 8.77. The van der Waals surface area contributed by atoms with Crippen molar-refractivity contribution in [2.75, 3.05) is 13.2 Å². The van der Waals surface area contributed by atoms with Gasteiger partial charge in [0.1, 0.15) is 0 Å². The molecular weight excluding hydrogens is 264 g/mol. The standard InChI is InChI=1S/C14H19BrO/c1-2-16-11-14(9-3-4-10-14)12-5-7-13(15)8-6-12/h5-8H,2-4,9-11H2,1H3. The van der Waals surface area contributed by atoms with Crippen LogP contribution in [-0.2, 0) is 10.2 Å². The van der Waals surface area contributed by atoms with E-state index in [4.69, 9.17) is 4.74 Å². The summed E-state index contributed by atoms with van der Waals surface area (Å²) in [5, 5.41) is 0. The Balaban J connectivity index is 2.21. The molecule has 2 rings (SSSR count). The van der Waals surface area contributed by atoms with Crippen LogP contribution in [0.25, 0.3) is 0 Å². The normalized spacial score (nSPS) is 18.9. The summed E-state index contributed by atoms with van der Waals surface area (Å²) < 4.78 is 6.85. The highest BCUT2D eigenvalue weighted by Gasteiger charge is 2.35. The van der Waals surface area contributed by atoms with Crippen LogP contribution in [0.2, 0.25) is 0 Å².